The molecule has 1 aliphatic rings. The molecule has 0 aromatic heterocycles. The highest BCUT2D eigenvalue weighted by molar-refractivity contribution is 5.94. The van der Waals surface area contributed by atoms with Crippen molar-refractivity contribution in [3.63, 3.8) is 0 Å². The number of hydrogen-bond acceptors (Lipinski definition) is 4. The van der Waals surface area contributed by atoms with E-state index >= 15 is 0 Å². The van der Waals surface area contributed by atoms with Crippen molar-refractivity contribution in [1.82, 2.24) is 0 Å². The van der Waals surface area contributed by atoms with Crippen LogP contribution < -0.4 is 0 Å². The van der Waals surface area contributed by atoms with E-state index < -0.39 is 18.0 Å². The molecule has 1 aliphatic heterocycles. The van der Waals surface area contributed by atoms with Crippen LogP contribution in [-0.2, 0) is 24.6 Å². The van der Waals surface area contributed by atoms with Crippen LogP contribution in [0.15, 0.2) is 103 Å². The number of hydrogen-bond donors (Lipinski definition) is 0. The van der Waals surface area contributed by atoms with E-state index in [1.54, 1.807) is 6.08 Å². The van der Waals surface area contributed by atoms with Gasteiger partial charge >= 0.3 is 0 Å². The summed E-state index contributed by atoms with van der Waals surface area (Å²) in [5.41, 5.74) is 2.04. The third-order valence-corrected chi connectivity index (χ3v) is 5.36. The maximum atomic E-state index is 12.5. The van der Waals surface area contributed by atoms with Gasteiger partial charge in [0.05, 0.1) is 6.61 Å². The summed E-state index contributed by atoms with van der Waals surface area (Å²) < 4.78 is 18.1. The highest BCUT2D eigenvalue weighted by Gasteiger charge is 2.39. The van der Waals surface area contributed by atoms with E-state index in [1.165, 1.54) is 6.08 Å². The van der Waals surface area contributed by atoms with Crippen molar-refractivity contribution >= 4 is 5.78 Å². The molecule has 0 saturated carbocycles. The molecule has 4 rings (SSSR count). The van der Waals surface area contributed by atoms with Gasteiger partial charge in [-0.25, -0.2) is 0 Å². The molecule has 2 atom stereocenters. The van der Waals surface area contributed by atoms with Gasteiger partial charge in [0.25, 0.3) is 0 Å². The maximum Gasteiger partial charge on any atom is 0.186 e. The van der Waals surface area contributed by atoms with Gasteiger partial charge in [-0.05, 0) is 35.8 Å². The average Bonchev–Trinajstić information content (AvgIpc) is 2.83. The lowest BCUT2D eigenvalue weighted by Crippen LogP contribution is -2.41. The summed E-state index contributed by atoms with van der Waals surface area (Å²) in [6.45, 7) is 2.48. The minimum atomic E-state index is -0.893. The molecule has 3 aromatic carbocycles. The van der Waals surface area contributed by atoms with E-state index in [1.807, 2.05) is 97.9 Å². The second kappa shape index (κ2) is 9.84. The van der Waals surface area contributed by atoms with Crippen LogP contribution in [0.5, 0.6) is 0 Å². The Morgan fingerprint density at radius 2 is 1.29 bits per heavy atom. The van der Waals surface area contributed by atoms with Crippen molar-refractivity contribution in [3.8, 4) is 0 Å². The number of ketones is 1. The molecule has 0 spiro atoms. The van der Waals surface area contributed by atoms with Gasteiger partial charge in [0.15, 0.2) is 12.1 Å². The summed E-state index contributed by atoms with van der Waals surface area (Å²) in [6.07, 6.45) is 1.88. The molecule has 1 heterocycles. The summed E-state index contributed by atoms with van der Waals surface area (Å²) in [7, 11) is 0. The molecule has 0 bridgehead atoms. The van der Waals surface area contributed by atoms with Crippen LogP contribution in [0.4, 0.5) is 0 Å². The van der Waals surface area contributed by atoms with Crippen LogP contribution in [0.25, 0.3) is 0 Å². The second-order valence-electron chi connectivity index (χ2n) is 7.30. The van der Waals surface area contributed by atoms with Gasteiger partial charge in [0, 0.05) is 6.61 Å². The predicted molar refractivity (Wildman–Crippen MR) is 120 cm³/mol. The Labute approximate surface area is 183 Å². The van der Waals surface area contributed by atoms with Gasteiger partial charge in [0.1, 0.15) is 11.7 Å². The fourth-order valence-corrected chi connectivity index (χ4v) is 3.90. The summed E-state index contributed by atoms with van der Waals surface area (Å²) in [6, 6.07) is 30.2. The SMILES string of the molecule is CCO[C@@H]1C=CC(=O)[C@@H](COC(c2ccccc2)(c2ccccc2)c2ccccc2)O1. The van der Waals surface area contributed by atoms with Gasteiger partial charge in [-0.3, -0.25) is 4.79 Å². The highest BCUT2D eigenvalue weighted by Crippen LogP contribution is 2.40. The molecule has 0 fully saturated rings. The van der Waals surface area contributed by atoms with Crippen LogP contribution >= 0.6 is 0 Å². The fraction of sp³-hybridized carbons (Fsp3) is 0.222. The Morgan fingerprint density at radius 3 is 1.74 bits per heavy atom. The van der Waals surface area contributed by atoms with Crippen LogP contribution in [0.1, 0.15) is 23.6 Å². The Hall–Kier alpha value is -3.05. The van der Waals surface area contributed by atoms with E-state index in [9.17, 15) is 4.79 Å². The molecule has 0 saturated heterocycles. The fourth-order valence-electron chi connectivity index (χ4n) is 3.90. The molecule has 158 valence electrons. The summed E-state index contributed by atoms with van der Waals surface area (Å²) in [4.78, 5) is 12.5. The average molecular weight is 415 g/mol. The zero-order chi connectivity index (χ0) is 21.5. The van der Waals surface area contributed by atoms with Gasteiger partial charge < -0.3 is 14.2 Å². The van der Waals surface area contributed by atoms with Gasteiger partial charge in [-0.15, -0.1) is 0 Å². The summed E-state index contributed by atoms with van der Waals surface area (Å²) in [5.74, 6) is -0.126. The number of carbonyl (C=O) groups is 1. The van der Waals surface area contributed by atoms with E-state index in [0.29, 0.717) is 6.61 Å². The predicted octanol–water partition coefficient (Wildman–Crippen LogP) is 4.88. The third kappa shape index (κ3) is 4.52. The molecule has 31 heavy (non-hydrogen) atoms. The second-order valence-corrected chi connectivity index (χ2v) is 7.30. The molecule has 0 unspecified atom stereocenters. The Balaban J connectivity index is 1.76. The molecule has 3 aromatic rings. The number of ether oxygens (including phenoxy) is 3. The minimum absolute atomic E-state index is 0.0887. The normalized spacial score (nSPS) is 18.8. The molecule has 4 nitrogen and oxygen atoms in total. The lowest BCUT2D eigenvalue weighted by atomic mass is 9.80. The van der Waals surface area contributed by atoms with Gasteiger partial charge in [-0.2, -0.15) is 0 Å². The standard InChI is InChI=1S/C27H26O4/c1-2-29-26-19-18-24(28)25(31-26)20-30-27(21-12-6-3-7-13-21,22-14-8-4-9-15-22)23-16-10-5-11-17-23/h3-19,25-26H,2,20H2,1H3/t25-,26+/m1/s1. The molecular formula is C27H26O4. The smallest absolute Gasteiger partial charge is 0.186 e. The number of benzene rings is 3. The first-order chi connectivity index (χ1) is 15.2. The molecule has 0 aliphatic carbocycles. The van der Waals surface area contributed by atoms with E-state index in [-0.39, 0.29) is 12.4 Å². The first kappa shape index (κ1) is 21.2. The number of carbonyl (C=O) groups excluding carboxylic acids is 1. The first-order valence-corrected chi connectivity index (χ1v) is 10.5. The minimum Gasteiger partial charge on any atom is -0.358 e. The lowest BCUT2D eigenvalue weighted by Gasteiger charge is -2.37. The Morgan fingerprint density at radius 1 is 0.806 bits per heavy atom. The van der Waals surface area contributed by atoms with Crippen molar-refractivity contribution < 1.29 is 19.0 Å². The molecule has 4 heteroatoms. The van der Waals surface area contributed by atoms with Crippen LogP contribution in [-0.4, -0.2) is 31.4 Å². The van der Waals surface area contributed by atoms with Crippen molar-refractivity contribution in [2.45, 2.75) is 24.9 Å². The van der Waals surface area contributed by atoms with E-state index in [2.05, 4.69) is 0 Å². The lowest BCUT2D eigenvalue weighted by molar-refractivity contribution is -0.176. The Bertz CT molecular complexity index is 903. The zero-order valence-corrected chi connectivity index (χ0v) is 17.5. The molecule has 0 amide bonds. The van der Waals surface area contributed by atoms with Crippen molar-refractivity contribution in [2.75, 3.05) is 13.2 Å². The van der Waals surface area contributed by atoms with Gasteiger partial charge in [-0.1, -0.05) is 91.0 Å². The third-order valence-electron chi connectivity index (χ3n) is 5.36. The topological polar surface area (TPSA) is 44.8 Å². The van der Waals surface area contributed by atoms with Crippen molar-refractivity contribution in [3.05, 3.63) is 120 Å². The molecule has 0 radical (unpaired) electrons. The summed E-state index contributed by atoms with van der Waals surface area (Å²) in [5, 5.41) is 0. The van der Waals surface area contributed by atoms with Crippen LogP contribution in [0.3, 0.4) is 0 Å². The van der Waals surface area contributed by atoms with Crippen LogP contribution in [0, 0.1) is 0 Å². The van der Waals surface area contributed by atoms with Gasteiger partial charge in [0.2, 0.25) is 0 Å². The summed E-state index contributed by atoms with van der Waals surface area (Å²) >= 11 is 0. The van der Waals surface area contributed by atoms with Crippen molar-refractivity contribution in [2.24, 2.45) is 0 Å². The number of rotatable bonds is 8. The molecule has 0 N–H and O–H groups in total. The largest absolute Gasteiger partial charge is 0.358 e. The maximum absolute atomic E-state index is 12.5. The highest BCUT2D eigenvalue weighted by atomic mass is 16.7. The van der Waals surface area contributed by atoms with E-state index in [4.69, 9.17) is 14.2 Å². The van der Waals surface area contributed by atoms with E-state index in [0.717, 1.165) is 16.7 Å². The first-order valence-electron chi connectivity index (χ1n) is 10.5. The van der Waals surface area contributed by atoms with Crippen molar-refractivity contribution in [1.29, 1.82) is 0 Å². The quantitative estimate of drug-likeness (QED) is 0.493. The zero-order valence-electron chi connectivity index (χ0n) is 17.5. The molecular weight excluding hydrogens is 388 g/mol. The monoisotopic (exact) mass is 414 g/mol. The Kier molecular flexibility index (Phi) is 6.73. The van der Waals surface area contributed by atoms with Crippen LogP contribution in [0.2, 0.25) is 0 Å².